The highest BCUT2D eigenvalue weighted by atomic mass is 19.3. The van der Waals surface area contributed by atoms with Gasteiger partial charge in [-0.1, -0.05) is 18.2 Å². The van der Waals surface area contributed by atoms with Crippen LogP contribution in [0.25, 0.3) is 22.4 Å². The number of anilines is 2. The van der Waals surface area contributed by atoms with Crippen molar-refractivity contribution in [3.05, 3.63) is 113 Å². The van der Waals surface area contributed by atoms with Gasteiger partial charge in [-0.2, -0.15) is 0 Å². The first-order valence-electron chi connectivity index (χ1n) is 23.5. The molecule has 0 saturated carbocycles. The minimum absolute atomic E-state index is 0.0214. The molecule has 70 heavy (non-hydrogen) atoms. The number of aromatic nitrogens is 7. The van der Waals surface area contributed by atoms with Gasteiger partial charge >= 0.3 is 0 Å². The molecule has 0 bridgehead atoms. The molecule has 3 saturated heterocycles. The Morgan fingerprint density at radius 3 is 2.49 bits per heavy atom. The van der Waals surface area contributed by atoms with Gasteiger partial charge in [-0.15, -0.1) is 0 Å². The number of fused-ring (bicyclic) bond motifs is 2. The van der Waals surface area contributed by atoms with Gasteiger partial charge in [0.05, 0.1) is 59.1 Å². The van der Waals surface area contributed by atoms with Crippen LogP contribution in [0.5, 0.6) is 0 Å². The number of nitrogen functional groups attached to an aromatic ring is 1. The summed E-state index contributed by atoms with van der Waals surface area (Å²) < 4.78 is 47.4. The first kappa shape index (κ1) is 46.6. The van der Waals surface area contributed by atoms with E-state index in [-0.39, 0.29) is 61.0 Å². The van der Waals surface area contributed by atoms with E-state index in [0.717, 1.165) is 60.6 Å². The Kier molecular flexibility index (Phi) is 12.7. The molecule has 4 aromatic heterocycles. The number of rotatable bonds is 14. The van der Waals surface area contributed by atoms with Gasteiger partial charge in [0.2, 0.25) is 11.8 Å². The van der Waals surface area contributed by atoms with Gasteiger partial charge in [0.15, 0.2) is 11.5 Å². The van der Waals surface area contributed by atoms with Gasteiger partial charge < -0.3 is 35.5 Å². The van der Waals surface area contributed by atoms with Crippen LogP contribution >= 0.6 is 0 Å². The number of hydrogen-bond donors (Lipinski definition) is 4. The normalized spacial score (nSPS) is 20.7. The van der Waals surface area contributed by atoms with Gasteiger partial charge in [-0.05, 0) is 98.5 Å². The highest BCUT2D eigenvalue weighted by molar-refractivity contribution is 6.23. The molecule has 4 amide bonds. The van der Waals surface area contributed by atoms with E-state index < -0.39 is 47.7 Å². The van der Waals surface area contributed by atoms with Crippen molar-refractivity contribution in [2.75, 3.05) is 43.4 Å². The lowest BCUT2D eigenvalue weighted by Gasteiger charge is -2.44. The lowest BCUT2D eigenvalue weighted by molar-refractivity contribution is -0.136. The number of alkyl halides is 2. The van der Waals surface area contributed by atoms with Crippen LogP contribution in [-0.4, -0.2) is 129 Å². The number of nitrogens with zero attached hydrogens (tertiary/aromatic N) is 10. The Morgan fingerprint density at radius 1 is 0.886 bits per heavy atom. The average Bonchev–Trinajstić information content (AvgIpc) is 4.06. The molecule has 6 N–H and O–H groups in total. The van der Waals surface area contributed by atoms with Gasteiger partial charge in [-0.3, -0.25) is 34.4 Å². The Bertz CT molecular complexity index is 3010. The molecule has 2 aromatic carbocycles. The van der Waals surface area contributed by atoms with E-state index in [9.17, 15) is 33.1 Å². The molecule has 4 aliphatic heterocycles. The van der Waals surface area contributed by atoms with E-state index in [1.165, 1.54) is 12.4 Å². The number of piperidine rings is 3. The van der Waals surface area contributed by atoms with Crippen LogP contribution in [0.2, 0.25) is 0 Å². The predicted octanol–water partition coefficient (Wildman–Crippen LogP) is 3.84. The van der Waals surface area contributed by atoms with Crippen molar-refractivity contribution in [1.82, 2.24) is 49.2 Å². The SMILES string of the molecule is Nc1ncnc2c1ncn2Cc1cc(-c2ccc(C3CCN(CCc4cn(CCc5ccc6c(c5)C(=O)N(C5CCC(=O)NC5=O)C6=O)cn4)CC3)c(F)c2)ncc1N1CCC[C@](N)([C@H](O)C(F)F)C1. The number of aryl methyl sites for hydroxylation is 2. The summed E-state index contributed by atoms with van der Waals surface area (Å²) in [5, 5.41) is 12.6. The molecule has 364 valence electrons. The van der Waals surface area contributed by atoms with E-state index in [1.54, 1.807) is 35.6 Å². The number of likely N-dealkylation sites (tertiary alicyclic amines) is 1. The maximum Gasteiger partial charge on any atom is 0.265 e. The fourth-order valence-electron chi connectivity index (χ4n) is 10.4. The molecule has 21 heteroatoms. The van der Waals surface area contributed by atoms with Crippen molar-refractivity contribution in [2.45, 2.75) is 94.5 Å². The molecule has 0 radical (unpaired) electrons. The lowest BCUT2D eigenvalue weighted by atomic mass is 9.84. The summed E-state index contributed by atoms with van der Waals surface area (Å²) in [5.41, 5.74) is 17.3. The molecule has 18 nitrogen and oxygen atoms in total. The van der Waals surface area contributed by atoms with Crippen LogP contribution in [0.3, 0.4) is 0 Å². The number of aliphatic hydroxyl groups excluding tert-OH is 1. The van der Waals surface area contributed by atoms with E-state index in [4.69, 9.17) is 16.5 Å². The maximum absolute atomic E-state index is 16.1. The molecule has 6 aromatic rings. The topological polar surface area (TPSA) is 237 Å². The van der Waals surface area contributed by atoms with Crippen LogP contribution in [0.1, 0.15) is 87.5 Å². The largest absolute Gasteiger partial charge is 0.385 e. The number of nitrogens with two attached hydrogens (primary N) is 2. The van der Waals surface area contributed by atoms with Crippen molar-refractivity contribution >= 4 is 46.3 Å². The third kappa shape index (κ3) is 9.11. The summed E-state index contributed by atoms with van der Waals surface area (Å²) in [4.78, 5) is 77.8. The Hall–Kier alpha value is -7.10. The number of benzene rings is 2. The lowest BCUT2D eigenvalue weighted by Crippen LogP contribution is -2.63. The Labute approximate surface area is 399 Å². The summed E-state index contributed by atoms with van der Waals surface area (Å²) in [6.07, 6.45) is 7.14. The van der Waals surface area contributed by atoms with Crippen molar-refractivity contribution in [3.63, 3.8) is 0 Å². The van der Waals surface area contributed by atoms with E-state index in [0.29, 0.717) is 59.6 Å². The molecule has 8 heterocycles. The van der Waals surface area contributed by atoms with Gasteiger partial charge in [0, 0.05) is 50.8 Å². The third-order valence-corrected chi connectivity index (χ3v) is 14.3. The number of amides is 4. The zero-order valence-corrected chi connectivity index (χ0v) is 38.2. The molecular weight excluding hydrogens is 908 g/mol. The Balaban J connectivity index is 0.753. The van der Waals surface area contributed by atoms with Gasteiger partial charge in [0.1, 0.15) is 29.8 Å². The zero-order valence-electron chi connectivity index (χ0n) is 38.2. The number of nitrogens with one attached hydrogen (secondary N) is 1. The van der Waals surface area contributed by atoms with E-state index in [1.807, 2.05) is 39.9 Å². The summed E-state index contributed by atoms with van der Waals surface area (Å²) >= 11 is 0. The number of imide groups is 2. The summed E-state index contributed by atoms with van der Waals surface area (Å²) in [6, 6.07) is 11.2. The number of carbonyl (C=O) groups is 4. The second kappa shape index (κ2) is 19.0. The minimum Gasteiger partial charge on any atom is -0.385 e. The smallest absolute Gasteiger partial charge is 0.265 e. The second-order valence-electron chi connectivity index (χ2n) is 18.8. The fourth-order valence-corrected chi connectivity index (χ4v) is 10.4. The zero-order chi connectivity index (χ0) is 48.8. The summed E-state index contributed by atoms with van der Waals surface area (Å²) in [5.74, 6) is -2.18. The van der Waals surface area contributed by atoms with Crippen LogP contribution < -0.4 is 21.7 Å². The molecule has 0 aliphatic carbocycles. The summed E-state index contributed by atoms with van der Waals surface area (Å²) in [7, 11) is 0. The molecule has 10 rings (SSSR count). The monoisotopic (exact) mass is 959 g/mol. The molecule has 0 spiro atoms. The molecule has 1 unspecified atom stereocenters. The van der Waals surface area contributed by atoms with Crippen LogP contribution in [0, 0.1) is 5.82 Å². The molecule has 4 aliphatic rings. The molecular formula is C49H52F3N13O5. The number of hydrogen-bond acceptors (Lipinski definition) is 14. The predicted molar refractivity (Wildman–Crippen MR) is 250 cm³/mol. The summed E-state index contributed by atoms with van der Waals surface area (Å²) in [6.45, 7) is 3.72. The highest BCUT2D eigenvalue weighted by Gasteiger charge is 2.45. The van der Waals surface area contributed by atoms with E-state index >= 15 is 4.39 Å². The van der Waals surface area contributed by atoms with Crippen molar-refractivity contribution in [2.24, 2.45) is 5.73 Å². The van der Waals surface area contributed by atoms with Gasteiger partial charge in [0.25, 0.3) is 18.2 Å². The van der Waals surface area contributed by atoms with Crippen molar-refractivity contribution in [3.8, 4) is 11.3 Å². The van der Waals surface area contributed by atoms with Crippen molar-refractivity contribution < 1.29 is 37.5 Å². The number of pyridine rings is 1. The van der Waals surface area contributed by atoms with Crippen molar-refractivity contribution in [1.29, 1.82) is 0 Å². The number of halogens is 3. The molecule has 3 fully saturated rings. The third-order valence-electron chi connectivity index (χ3n) is 14.3. The standard InChI is InChI=1S/C49H52F3N13O5/c50-36-19-30(37-20-31(22-64-27-59-41-44(53)56-25-57-45(41)64)39(21-55-37)63-13-1-12-49(54,24-63)42(67)43(51)52)3-5-33(36)29-9-15-61(16-10-29)17-11-32-23-62(26-58-32)14-8-28-2-4-34-35(18-28)48(70)65(47(34)69)38-6-7-40(66)60-46(38)68/h2-5,18-21,23,25-27,29,38,42-43,67H,1,6-17,22,24,54H2,(H2,53,56,57)(H,60,66,68)/t38?,42-,49-/m1/s1. The number of imidazole rings is 2. The quantitative estimate of drug-likeness (QED) is 0.114. The van der Waals surface area contributed by atoms with Crippen LogP contribution in [0.15, 0.2) is 73.8 Å². The number of aliphatic hydroxyl groups is 1. The van der Waals surface area contributed by atoms with Crippen LogP contribution in [-0.2, 0) is 35.5 Å². The number of carbonyl (C=O) groups excluding carboxylic acids is 4. The molecule has 3 atom stereocenters. The maximum atomic E-state index is 16.1. The van der Waals surface area contributed by atoms with Gasteiger partial charge in [-0.25, -0.2) is 33.1 Å². The highest BCUT2D eigenvalue weighted by Crippen LogP contribution is 2.36. The Morgan fingerprint density at radius 2 is 1.70 bits per heavy atom. The second-order valence-corrected chi connectivity index (χ2v) is 18.8. The van der Waals surface area contributed by atoms with E-state index in [2.05, 4.69) is 30.2 Å². The first-order chi connectivity index (χ1) is 33.7. The van der Waals surface area contributed by atoms with Crippen LogP contribution in [0.4, 0.5) is 24.7 Å². The fraction of sp³-hybridized carbons (Fsp3) is 0.408. The minimum atomic E-state index is -3.00. The first-order valence-corrected chi connectivity index (χ1v) is 23.5. The average molecular weight is 960 g/mol.